The van der Waals surface area contributed by atoms with Crippen molar-refractivity contribution >= 4 is 11.6 Å². The molecule has 5 aliphatic rings. The number of benzene rings is 1. The van der Waals surface area contributed by atoms with E-state index in [2.05, 4.69) is 30.7 Å². The van der Waals surface area contributed by atoms with Crippen LogP contribution in [0, 0.1) is 23.2 Å². The molecule has 1 amide bonds. The van der Waals surface area contributed by atoms with Gasteiger partial charge in [-0.2, -0.15) is 5.06 Å². The first-order valence-electron chi connectivity index (χ1n) is 9.55. The van der Waals surface area contributed by atoms with Crippen LogP contribution in [0.5, 0.6) is 0 Å². The van der Waals surface area contributed by atoms with Crippen LogP contribution in [0.4, 0.5) is 5.69 Å². The zero-order chi connectivity index (χ0) is 17.8. The molecule has 4 fully saturated rings. The molecule has 2 saturated heterocycles. The summed E-state index contributed by atoms with van der Waals surface area (Å²) in [6, 6.07) is 8.47. The van der Waals surface area contributed by atoms with Gasteiger partial charge in [0, 0.05) is 29.8 Å². The number of hydrogen-bond acceptors (Lipinski definition) is 4. The summed E-state index contributed by atoms with van der Waals surface area (Å²) in [4.78, 5) is 21.9. The van der Waals surface area contributed by atoms with Gasteiger partial charge in [0.2, 0.25) is 0 Å². The zero-order valence-electron chi connectivity index (χ0n) is 15.2. The number of fused-ring (bicyclic) bond motifs is 5. The fraction of sp³-hybridized carbons (Fsp3) is 0.571. The highest BCUT2D eigenvalue weighted by atomic mass is 16.7. The number of anilines is 1. The van der Waals surface area contributed by atoms with Crippen LogP contribution >= 0.6 is 0 Å². The lowest BCUT2D eigenvalue weighted by Gasteiger charge is -2.54. The van der Waals surface area contributed by atoms with Gasteiger partial charge in [-0.05, 0) is 31.0 Å². The van der Waals surface area contributed by atoms with Crippen LogP contribution in [0.25, 0.3) is 0 Å². The molecule has 1 unspecified atom stereocenters. The summed E-state index contributed by atoms with van der Waals surface area (Å²) in [5.41, 5.74) is 1.27. The molecule has 0 radical (unpaired) electrons. The molecule has 2 saturated carbocycles. The average Bonchev–Trinajstić information content (AvgIpc) is 3.13. The molecule has 1 aromatic carbocycles. The van der Waals surface area contributed by atoms with E-state index >= 15 is 0 Å². The van der Waals surface area contributed by atoms with E-state index in [-0.39, 0.29) is 23.3 Å². The van der Waals surface area contributed by atoms with Crippen molar-refractivity contribution < 1.29 is 14.4 Å². The van der Waals surface area contributed by atoms with Crippen molar-refractivity contribution in [1.82, 2.24) is 4.90 Å². The maximum Gasteiger partial charge on any atom is 0.264 e. The lowest BCUT2D eigenvalue weighted by Crippen LogP contribution is -2.63. The van der Waals surface area contributed by atoms with Gasteiger partial charge < -0.3 is 9.64 Å². The summed E-state index contributed by atoms with van der Waals surface area (Å²) in [5, 5.41) is 1.50. The van der Waals surface area contributed by atoms with Gasteiger partial charge in [-0.3, -0.25) is 9.63 Å². The molecule has 0 N–H and O–H groups in total. The first-order valence-corrected chi connectivity index (χ1v) is 9.55. The highest BCUT2D eigenvalue weighted by molar-refractivity contribution is 6.08. The molecule has 136 valence electrons. The summed E-state index contributed by atoms with van der Waals surface area (Å²) in [6.07, 6.45) is 3.04. The van der Waals surface area contributed by atoms with E-state index in [1.54, 1.807) is 7.11 Å². The molecule has 5 heteroatoms. The Balaban J connectivity index is 1.68. The molecule has 1 aromatic rings. The molecule has 6 rings (SSSR count). The van der Waals surface area contributed by atoms with Crippen molar-refractivity contribution in [3.05, 3.63) is 42.5 Å². The van der Waals surface area contributed by atoms with Crippen molar-refractivity contribution in [2.75, 3.05) is 32.4 Å². The number of amides is 1. The first-order chi connectivity index (χ1) is 12.6. The summed E-state index contributed by atoms with van der Waals surface area (Å²) in [6.45, 7) is 6.00. The summed E-state index contributed by atoms with van der Waals surface area (Å²) in [5.74, 6) is 1.31. The Morgan fingerprint density at radius 1 is 1.38 bits per heavy atom. The third-order valence-electron chi connectivity index (χ3n) is 8.22. The molecular weight excluding hydrogens is 328 g/mol. The zero-order valence-corrected chi connectivity index (χ0v) is 15.2. The Bertz CT molecular complexity index is 840. The Morgan fingerprint density at radius 3 is 2.96 bits per heavy atom. The number of rotatable bonds is 2. The van der Waals surface area contributed by atoms with Gasteiger partial charge in [-0.25, -0.2) is 0 Å². The van der Waals surface area contributed by atoms with Crippen LogP contribution < -0.4 is 5.06 Å². The standard InChI is InChI=1S/C21H24N2O3/c1-4-20-11-22(2)17-12-10-26-16(9-14(12)20)21(18(17)20)13-7-5-6-8-15(13)23(25-3)19(21)24/h4-8,12,14,16-18H,1,9-11H2,2-3H3/t12-,14?,16+,17+,18-,20-,21-/m0/s1. The number of likely N-dealkylation sites (tertiary alicyclic amines) is 1. The lowest BCUT2D eigenvalue weighted by atomic mass is 9.51. The minimum atomic E-state index is -0.669. The highest BCUT2D eigenvalue weighted by Crippen LogP contribution is 2.73. The number of piperidine rings is 1. The maximum atomic E-state index is 13.9. The van der Waals surface area contributed by atoms with Gasteiger partial charge in [-0.1, -0.05) is 24.3 Å². The third kappa shape index (κ3) is 1.30. The average molecular weight is 352 g/mol. The Labute approximate surface area is 153 Å². The second kappa shape index (κ2) is 4.58. The Kier molecular flexibility index (Phi) is 2.71. The smallest absolute Gasteiger partial charge is 0.264 e. The molecule has 0 aromatic heterocycles. The third-order valence-corrected chi connectivity index (χ3v) is 8.22. The van der Waals surface area contributed by atoms with Gasteiger partial charge in [0.1, 0.15) is 5.41 Å². The van der Waals surface area contributed by atoms with Gasteiger partial charge in [0.25, 0.3) is 5.91 Å². The lowest BCUT2D eigenvalue weighted by molar-refractivity contribution is -0.159. The van der Waals surface area contributed by atoms with Crippen LogP contribution in [0.15, 0.2) is 36.9 Å². The highest BCUT2D eigenvalue weighted by Gasteiger charge is 2.80. The number of hydroxylamine groups is 1. The van der Waals surface area contributed by atoms with E-state index in [4.69, 9.17) is 9.57 Å². The summed E-state index contributed by atoms with van der Waals surface area (Å²) >= 11 is 0. The van der Waals surface area contributed by atoms with E-state index in [0.717, 1.165) is 30.8 Å². The molecule has 5 bridgehead atoms. The Morgan fingerprint density at radius 2 is 2.19 bits per heavy atom. The SMILES string of the molecule is C=C[C@@]12CN(C)[C@H]3[C@@H]1[C@@]1(C(=O)N(OC)c4ccccc41)[C@H]1CC2[C@@H]3CO1. The second-order valence-corrected chi connectivity index (χ2v) is 8.70. The van der Waals surface area contributed by atoms with Crippen LogP contribution in [0.2, 0.25) is 0 Å². The number of carbonyl (C=O) groups is 1. The van der Waals surface area contributed by atoms with Gasteiger partial charge in [0.05, 0.1) is 25.5 Å². The molecule has 3 heterocycles. The van der Waals surface area contributed by atoms with E-state index < -0.39 is 5.41 Å². The molecular formula is C21H24N2O3. The fourth-order valence-electron chi connectivity index (χ4n) is 7.64. The van der Waals surface area contributed by atoms with Crippen molar-refractivity contribution in [3.8, 4) is 0 Å². The fourth-order valence-corrected chi connectivity index (χ4v) is 7.64. The van der Waals surface area contributed by atoms with Crippen molar-refractivity contribution in [1.29, 1.82) is 0 Å². The van der Waals surface area contributed by atoms with Crippen molar-refractivity contribution in [3.63, 3.8) is 0 Å². The number of carbonyl (C=O) groups excluding carboxylic acids is 1. The molecule has 2 aliphatic carbocycles. The Hall–Kier alpha value is -1.69. The number of para-hydroxylation sites is 1. The minimum Gasteiger partial charge on any atom is -0.376 e. The molecule has 5 nitrogen and oxygen atoms in total. The number of nitrogens with zero attached hydrogens (tertiary/aromatic N) is 2. The number of hydrogen-bond donors (Lipinski definition) is 0. The normalized spacial score (nSPS) is 47.8. The van der Waals surface area contributed by atoms with Gasteiger partial charge in [0.15, 0.2) is 0 Å². The predicted molar refractivity (Wildman–Crippen MR) is 96.5 cm³/mol. The molecule has 26 heavy (non-hydrogen) atoms. The summed E-state index contributed by atoms with van der Waals surface area (Å²) < 4.78 is 6.39. The number of ether oxygens (including phenoxy) is 1. The maximum absolute atomic E-state index is 13.9. The van der Waals surface area contributed by atoms with E-state index in [1.807, 2.05) is 18.2 Å². The van der Waals surface area contributed by atoms with Crippen LogP contribution in [0.1, 0.15) is 12.0 Å². The molecule has 7 atom stereocenters. The largest absolute Gasteiger partial charge is 0.376 e. The minimum absolute atomic E-state index is 0.0170. The van der Waals surface area contributed by atoms with Gasteiger partial charge >= 0.3 is 0 Å². The molecule has 3 aliphatic heterocycles. The quantitative estimate of drug-likeness (QED) is 0.764. The van der Waals surface area contributed by atoms with Crippen LogP contribution in [-0.2, 0) is 19.8 Å². The molecule has 1 spiro atoms. The van der Waals surface area contributed by atoms with E-state index in [0.29, 0.717) is 17.9 Å². The summed E-state index contributed by atoms with van der Waals surface area (Å²) in [7, 11) is 3.78. The van der Waals surface area contributed by atoms with Crippen LogP contribution in [0.3, 0.4) is 0 Å². The topological polar surface area (TPSA) is 42.0 Å². The van der Waals surface area contributed by atoms with Crippen molar-refractivity contribution in [2.45, 2.75) is 24.0 Å². The predicted octanol–water partition coefficient (Wildman–Crippen LogP) is 1.98. The van der Waals surface area contributed by atoms with Crippen LogP contribution in [-0.4, -0.2) is 50.3 Å². The monoisotopic (exact) mass is 352 g/mol. The van der Waals surface area contributed by atoms with E-state index in [1.165, 1.54) is 5.06 Å². The van der Waals surface area contributed by atoms with Gasteiger partial charge in [-0.15, -0.1) is 6.58 Å². The van der Waals surface area contributed by atoms with Crippen molar-refractivity contribution in [2.24, 2.45) is 23.2 Å². The second-order valence-electron chi connectivity index (χ2n) is 8.70. The first kappa shape index (κ1) is 15.4. The van der Waals surface area contributed by atoms with E-state index in [9.17, 15) is 4.79 Å².